The zero-order chi connectivity index (χ0) is 28.0. The van der Waals surface area contributed by atoms with E-state index in [4.69, 9.17) is 19.7 Å². The second-order valence-electron chi connectivity index (χ2n) is 10.6. The van der Waals surface area contributed by atoms with Crippen LogP contribution in [0.1, 0.15) is 37.3 Å². The number of nitrogens with one attached hydrogen (secondary N) is 3. The molecule has 3 heterocycles. The monoisotopic (exact) mass is 552 g/mol. The van der Waals surface area contributed by atoms with Gasteiger partial charge in [0.15, 0.2) is 17.0 Å². The maximum Gasteiger partial charge on any atom is 0.243 e. The quantitative estimate of drug-likeness (QED) is 0.254. The molecule has 2 aliphatic rings. The van der Waals surface area contributed by atoms with Crippen molar-refractivity contribution in [2.75, 3.05) is 41.8 Å². The molecular weight excluding hydrogens is 516 g/mol. The predicted molar refractivity (Wildman–Crippen MR) is 161 cm³/mol. The van der Waals surface area contributed by atoms with E-state index in [1.165, 1.54) is 11.8 Å². The van der Waals surface area contributed by atoms with Crippen molar-refractivity contribution in [2.45, 2.75) is 44.3 Å². The Hall–Kier alpha value is -4.44. The summed E-state index contributed by atoms with van der Waals surface area (Å²) in [5.74, 6) is 1.05. The molecule has 1 aliphatic carbocycles. The van der Waals surface area contributed by atoms with E-state index in [2.05, 4.69) is 68.4 Å². The minimum atomic E-state index is -0.132. The van der Waals surface area contributed by atoms with Gasteiger partial charge < -0.3 is 30.2 Å². The number of aromatic nitrogens is 4. The minimum Gasteiger partial charge on any atom is -0.378 e. The molecule has 0 spiro atoms. The lowest BCUT2D eigenvalue weighted by atomic mass is 9.90. The first-order chi connectivity index (χ1) is 20.2. The number of amides is 1. The number of imidazole rings is 1. The van der Waals surface area contributed by atoms with Gasteiger partial charge in [0.1, 0.15) is 0 Å². The number of fused-ring (bicyclic) bond motifs is 1. The Morgan fingerprint density at radius 1 is 1.05 bits per heavy atom. The second kappa shape index (κ2) is 12.4. The van der Waals surface area contributed by atoms with E-state index in [-0.39, 0.29) is 18.0 Å². The number of carbonyl (C=O) groups excluding carboxylic acids is 1. The Labute approximate surface area is 239 Å². The Bertz CT molecular complexity index is 1480. The van der Waals surface area contributed by atoms with Gasteiger partial charge in [-0.3, -0.25) is 4.79 Å². The molecule has 2 atom stereocenters. The van der Waals surface area contributed by atoms with Crippen molar-refractivity contribution in [3.63, 3.8) is 0 Å². The van der Waals surface area contributed by atoms with Gasteiger partial charge in [-0.05, 0) is 61.6 Å². The summed E-state index contributed by atoms with van der Waals surface area (Å²) in [5.41, 5.74) is 4.73. The molecule has 3 N–H and O–H groups in total. The number of hydrogen-bond donors (Lipinski definition) is 3. The molecule has 1 saturated carbocycles. The normalized spacial score (nSPS) is 19.1. The van der Waals surface area contributed by atoms with Crippen LogP contribution in [0.2, 0.25) is 0 Å². The van der Waals surface area contributed by atoms with Crippen LogP contribution in [0.3, 0.4) is 0 Å². The highest BCUT2D eigenvalue weighted by molar-refractivity contribution is 5.87. The number of morpholine rings is 1. The van der Waals surface area contributed by atoms with E-state index in [1.54, 1.807) is 0 Å². The third-order valence-corrected chi connectivity index (χ3v) is 7.80. The molecule has 2 unspecified atom stereocenters. The Morgan fingerprint density at radius 3 is 2.63 bits per heavy atom. The maximum atomic E-state index is 12.0. The van der Waals surface area contributed by atoms with Gasteiger partial charge in [-0.1, -0.05) is 36.9 Å². The highest BCUT2D eigenvalue weighted by Gasteiger charge is 2.26. The second-order valence-corrected chi connectivity index (χ2v) is 10.6. The molecule has 10 heteroatoms. The first-order valence-electron chi connectivity index (χ1n) is 14.3. The highest BCUT2D eigenvalue weighted by atomic mass is 16.5. The number of ether oxygens (including phenoxy) is 1. The summed E-state index contributed by atoms with van der Waals surface area (Å²) in [6.45, 7) is 7.51. The molecule has 4 aromatic rings. The van der Waals surface area contributed by atoms with Gasteiger partial charge in [0, 0.05) is 43.1 Å². The van der Waals surface area contributed by atoms with Crippen LogP contribution in [-0.2, 0) is 16.1 Å². The third-order valence-electron chi connectivity index (χ3n) is 7.80. The first-order valence-corrected chi connectivity index (χ1v) is 14.3. The van der Waals surface area contributed by atoms with Gasteiger partial charge in [0.2, 0.25) is 11.9 Å². The fraction of sp³-hybridized carbons (Fsp3) is 0.355. The van der Waals surface area contributed by atoms with Gasteiger partial charge in [-0.25, -0.2) is 4.98 Å². The molecule has 2 fully saturated rings. The van der Waals surface area contributed by atoms with Crippen molar-refractivity contribution in [3.05, 3.63) is 79.1 Å². The molecule has 41 heavy (non-hydrogen) atoms. The van der Waals surface area contributed by atoms with Crippen molar-refractivity contribution in [1.82, 2.24) is 24.8 Å². The molecule has 2 aromatic carbocycles. The minimum absolute atomic E-state index is 0.0942. The summed E-state index contributed by atoms with van der Waals surface area (Å²) in [4.78, 5) is 28.8. The first kappa shape index (κ1) is 26.8. The molecule has 6 rings (SSSR count). The van der Waals surface area contributed by atoms with E-state index in [0.29, 0.717) is 18.3 Å². The van der Waals surface area contributed by atoms with Gasteiger partial charge in [-0.15, -0.1) is 0 Å². The maximum absolute atomic E-state index is 12.0. The fourth-order valence-electron chi connectivity index (χ4n) is 5.66. The molecule has 1 aliphatic heterocycles. The number of benzene rings is 2. The summed E-state index contributed by atoms with van der Waals surface area (Å²) in [6.07, 6.45) is 6.96. The fourth-order valence-corrected chi connectivity index (χ4v) is 5.66. The SMILES string of the molecule is C=CC(=O)NC1CCCC(n2cnc3c(NCc4ccccc4)nc(Nc4ccc(N5CCOCC5)cc4)nc32)C1. The van der Waals surface area contributed by atoms with Crippen molar-refractivity contribution < 1.29 is 9.53 Å². The van der Waals surface area contributed by atoms with Crippen molar-refractivity contribution in [2.24, 2.45) is 0 Å². The van der Waals surface area contributed by atoms with Crippen LogP contribution in [0, 0.1) is 0 Å². The molecule has 212 valence electrons. The highest BCUT2D eigenvalue weighted by Crippen LogP contribution is 2.33. The third kappa shape index (κ3) is 6.33. The van der Waals surface area contributed by atoms with Gasteiger partial charge in [0.05, 0.1) is 19.5 Å². The van der Waals surface area contributed by atoms with E-state index in [1.807, 2.05) is 24.5 Å². The Morgan fingerprint density at radius 2 is 1.85 bits per heavy atom. The lowest BCUT2D eigenvalue weighted by Gasteiger charge is -2.30. The van der Waals surface area contributed by atoms with Crippen LogP contribution in [0.15, 0.2) is 73.6 Å². The van der Waals surface area contributed by atoms with E-state index >= 15 is 0 Å². The predicted octanol–water partition coefficient (Wildman–Crippen LogP) is 4.80. The topological polar surface area (TPSA) is 109 Å². The molecule has 2 aromatic heterocycles. The smallest absolute Gasteiger partial charge is 0.243 e. The number of rotatable bonds is 9. The van der Waals surface area contributed by atoms with Crippen LogP contribution in [0.25, 0.3) is 11.2 Å². The summed E-state index contributed by atoms with van der Waals surface area (Å²) in [7, 11) is 0. The van der Waals surface area contributed by atoms with Gasteiger partial charge in [0.25, 0.3) is 0 Å². The van der Waals surface area contributed by atoms with E-state index < -0.39 is 0 Å². The lowest BCUT2D eigenvalue weighted by molar-refractivity contribution is -0.117. The Balaban J connectivity index is 1.28. The standard InChI is InChI=1S/C31H36N8O2/c1-2-27(40)34-24-9-6-10-26(19-24)39-21-33-28-29(32-20-22-7-4-3-5-8-22)36-31(37-30(28)39)35-23-11-13-25(14-12-23)38-15-17-41-18-16-38/h2-5,7-8,11-14,21,24,26H,1,6,9-10,15-20H2,(H,34,40)(H2,32,35,36,37). The molecular formula is C31H36N8O2. The van der Waals surface area contributed by atoms with E-state index in [0.717, 1.165) is 74.4 Å². The number of hydrogen-bond acceptors (Lipinski definition) is 8. The number of nitrogens with zero attached hydrogens (tertiary/aromatic N) is 5. The van der Waals surface area contributed by atoms with E-state index in [9.17, 15) is 4.79 Å². The van der Waals surface area contributed by atoms with Crippen molar-refractivity contribution >= 4 is 40.2 Å². The zero-order valence-electron chi connectivity index (χ0n) is 23.1. The van der Waals surface area contributed by atoms with Crippen molar-refractivity contribution in [1.29, 1.82) is 0 Å². The van der Waals surface area contributed by atoms with Crippen molar-refractivity contribution in [3.8, 4) is 0 Å². The molecule has 1 amide bonds. The summed E-state index contributed by atoms with van der Waals surface area (Å²) < 4.78 is 7.63. The molecule has 0 bridgehead atoms. The number of anilines is 4. The molecule has 10 nitrogen and oxygen atoms in total. The van der Waals surface area contributed by atoms with Gasteiger partial charge in [-0.2, -0.15) is 9.97 Å². The number of carbonyl (C=O) groups is 1. The van der Waals surface area contributed by atoms with Crippen LogP contribution < -0.4 is 20.9 Å². The van der Waals surface area contributed by atoms with Crippen LogP contribution in [0.4, 0.5) is 23.1 Å². The molecule has 1 saturated heterocycles. The lowest BCUT2D eigenvalue weighted by Crippen LogP contribution is -2.38. The summed E-state index contributed by atoms with van der Waals surface area (Å²) in [5, 5.41) is 9.97. The average molecular weight is 553 g/mol. The summed E-state index contributed by atoms with van der Waals surface area (Å²) >= 11 is 0. The largest absolute Gasteiger partial charge is 0.378 e. The van der Waals surface area contributed by atoms with Crippen LogP contribution in [0.5, 0.6) is 0 Å². The van der Waals surface area contributed by atoms with Crippen LogP contribution in [-0.4, -0.2) is 57.8 Å². The van der Waals surface area contributed by atoms with Gasteiger partial charge >= 0.3 is 0 Å². The zero-order valence-corrected chi connectivity index (χ0v) is 23.1. The molecule has 0 radical (unpaired) electrons. The average Bonchev–Trinajstić information content (AvgIpc) is 3.45. The Kier molecular flexibility index (Phi) is 8.09. The summed E-state index contributed by atoms with van der Waals surface area (Å²) in [6, 6.07) is 18.8. The van der Waals surface area contributed by atoms with Crippen LogP contribution >= 0.6 is 0 Å².